The summed E-state index contributed by atoms with van der Waals surface area (Å²) in [5.41, 5.74) is 3.11. The van der Waals surface area contributed by atoms with Gasteiger partial charge in [-0.05, 0) is 49.2 Å². The van der Waals surface area contributed by atoms with Crippen molar-refractivity contribution < 1.29 is 14.3 Å². The number of fused-ring (bicyclic) bond motifs is 1. The van der Waals surface area contributed by atoms with Gasteiger partial charge in [-0.2, -0.15) is 0 Å². The fraction of sp³-hybridized carbons (Fsp3) is 0.286. The highest BCUT2D eigenvalue weighted by Crippen LogP contribution is 2.33. The zero-order valence-corrected chi connectivity index (χ0v) is 18.3. The lowest BCUT2D eigenvalue weighted by atomic mass is 10.1. The van der Waals surface area contributed by atoms with Gasteiger partial charge in [-0.25, -0.2) is 0 Å². The Morgan fingerprint density at radius 2 is 2.00 bits per heavy atom. The lowest BCUT2D eigenvalue weighted by Crippen LogP contribution is -2.28. The van der Waals surface area contributed by atoms with Crippen LogP contribution in [0.15, 0.2) is 46.8 Å². The average molecular weight is 443 g/mol. The summed E-state index contributed by atoms with van der Waals surface area (Å²) in [6, 6.07) is 13.7. The van der Waals surface area contributed by atoms with Gasteiger partial charge >= 0.3 is 0 Å². The number of nitrogens with zero attached hydrogens (tertiary/aromatic N) is 2. The Bertz CT molecular complexity index is 1040. The van der Waals surface area contributed by atoms with Crippen molar-refractivity contribution >= 4 is 39.8 Å². The molecule has 0 radical (unpaired) electrons. The monoisotopic (exact) mass is 442 g/mol. The number of hydrogen-bond acceptors (Lipinski definition) is 8. The Balaban J connectivity index is 1.28. The molecule has 2 heterocycles. The molecule has 1 unspecified atom stereocenters. The van der Waals surface area contributed by atoms with Crippen LogP contribution in [-0.2, 0) is 4.79 Å². The molecule has 1 amide bonds. The molecule has 0 aliphatic carbocycles. The molecular formula is C21H22N4O3S2. The first-order valence-corrected chi connectivity index (χ1v) is 11.4. The van der Waals surface area contributed by atoms with Gasteiger partial charge in [0.25, 0.3) is 0 Å². The lowest BCUT2D eigenvalue weighted by molar-refractivity contribution is -0.119. The largest absolute Gasteiger partial charge is 0.486 e. The van der Waals surface area contributed by atoms with E-state index in [1.165, 1.54) is 28.7 Å². The summed E-state index contributed by atoms with van der Waals surface area (Å²) < 4.78 is 11.9. The molecule has 3 aromatic rings. The second-order valence-electron chi connectivity index (χ2n) is 6.85. The molecule has 0 saturated heterocycles. The van der Waals surface area contributed by atoms with E-state index in [0.29, 0.717) is 18.3 Å². The van der Waals surface area contributed by atoms with Crippen molar-refractivity contribution in [2.24, 2.45) is 0 Å². The third-order valence-electron chi connectivity index (χ3n) is 4.45. The SMILES string of the molecule is Cc1cccc(Nc2nnc(SCC(=O)NC(C)c3ccc4c(c3)OCCO4)s2)c1. The molecule has 4 rings (SSSR count). The Morgan fingerprint density at radius 1 is 1.17 bits per heavy atom. The predicted molar refractivity (Wildman–Crippen MR) is 119 cm³/mol. The van der Waals surface area contributed by atoms with Gasteiger partial charge < -0.3 is 20.1 Å². The highest BCUT2D eigenvalue weighted by molar-refractivity contribution is 8.01. The van der Waals surface area contributed by atoms with Crippen LogP contribution in [0.3, 0.4) is 0 Å². The lowest BCUT2D eigenvalue weighted by Gasteiger charge is -2.21. The maximum atomic E-state index is 12.4. The highest BCUT2D eigenvalue weighted by atomic mass is 32.2. The summed E-state index contributed by atoms with van der Waals surface area (Å²) in [4.78, 5) is 12.4. The number of aryl methyl sites for hydroxylation is 1. The average Bonchev–Trinajstić information content (AvgIpc) is 3.19. The minimum Gasteiger partial charge on any atom is -0.486 e. The number of amides is 1. The molecule has 1 atom stereocenters. The molecule has 0 bridgehead atoms. The Hall–Kier alpha value is -2.78. The van der Waals surface area contributed by atoms with E-state index < -0.39 is 0 Å². The molecule has 30 heavy (non-hydrogen) atoms. The molecule has 2 aromatic carbocycles. The summed E-state index contributed by atoms with van der Waals surface area (Å²) in [6.07, 6.45) is 0. The van der Waals surface area contributed by atoms with Crippen LogP contribution < -0.4 is 20.1 Å². The first-order chi connectivity index (χ1) is 14.6. The molecule has 9 heteroatoms. The van der Waals surface area contributed by atoms with Gasteiger partial charge in [0.15, 0.2) is 15.8 Å². The molecule has 0 spiro atoms. The van der Waals surface area contributed by atoms with Crippen LogP contribution in [0, 0.1) is 6.92 Å². The zero-order valence-electron chi connectivity index (χ0n) is 16.7. The van der Waals surface area contributed by atoms with E-state index in [1.54, 1.807) is 0 Å². The number of carbonyl (C=O) groups is 1. The summed E-state index contributed by atoms with van der Waals surface area (Å²) in [6.45, 7) is 5.08. The number of hydrogen-bond donors (Lipinski definition) is 2. The predicted octanol–water partition coefficient (Wildman–Crippen LogP) is 4.33. The van der Waals surface area contributed by atoms with E-state index >= 15 is 0 Å². The molecular weight excluding hydrogens is 420 g/mol. The minimum atomic E-state index is -0.137. The number of thioether (sulfide) groups is 1. The molecule has 1 aliphatic heterocycles. The highest BCUT2D eigenvalue weighted by Gasteiger charge is 2.16. The van der Waals surface area contributed by atoms with Crippen LogP contribution in [0.25, 0.3) is 0 Å². The van der Waals surface area contributed by atoms with Gasteiger partial charge in [-0.3, -0.25) is 4.79 Å². The summed E-state index contributed by atoms with van der Waals surface area (Å²) in [5, 5.41) is 15.3. The number of rotatable bonds is 7. The van der Waals surface area contributed by atoms with Crippen LogP contribution in [-0.4, -0.2) is 35.1 Å². The van der Waals surface area contributed by atoms with Crippen LogP contribution in [0.1, 0.15) is 24.1 Å². The summed E-state index contributed by atoms with van der Waals surface area (Å²) >= 11 is 2.80. The fourth-order valence-electron chi connectivity index (χ4n) is 2.99. The van der Waals surface area contributed by atoms with E-state index in [4.69, 9.17) is 9.47 Å². The normalized spacial score (nSPS) is 13.5. The quantitative estimate of drug-likeness (QED) is 0.527. The van der Waals surface area contributed by atoms with Gasteiger partial charge in [-0.15, -0.1) is 10.2 Å². The third-order valence-corrected chi connectivity index (χ3v) is 6.42. The van der Waals surface area contributed by atoms with E-state index in [9.17, 15) is 4.79 Å². The number of carbonyl (C=O) groups excluding carboxylic acids is 1. The van der Waals surface area contributed by atoms with Crippen LogP contribution in [0.4, 0.5) is 10.8 Å². The number of anilines is 2. The summed E-state index contributed by atoms with van der Waals surface area (Å²) in [7, 11) is 0. The molecule has 1 aliphatic rings. The first kappa shape index (κ1) is 20.5. The van der Waals surface area contributed by atoms with Gasteiger partial charge in [0.1, 0.15) is 13.2 Å². The van der Waals surface area contributed by atoms with Crippen LogP contribution in [0.5, 0.6) is 11.5 Å². The first-order valence-electron chi connectivity index (χ1n) is 9.56. The van der Waals surface area contributed by atoms with Crippen molar-refractivity contribution in [1.82, 2.24) is 15.5 Å². The van der Waals surface area contributed by atoms with Gasteiger partial charge in [0.2, 0.25) is 11.0 Å². The van der Waals surface area contributed by atoms with E-state index in [1.807, 2.05) is 56.3 Å². The Labute approximate surface area is 183 Å². The smallest absolute Gasteiger partial charge is 0.230 e. The second-order valence-corrected chi connectivity index (χ2v) is 9.05. The Morgan fingerprint density at radius 3 is 2.83 bits per heavy atom. The van der Waals surface area contributed by atoms with Crippen molar-refractivity contribution in [3.63, 3.8) is 0 Å². The van der Waals surface area contributed by atoms with Crippen LogP contribution >= 0.6 is 23.1 Å². The summed E-state index contributed by atoms with van der Waals surface area (Å²) in [5.74, 6) is 1.67. The zero-order chi connectivity index (χ0) is 20.9. The second kappa shape index (κ2) is 9.36. The Kier molecular flexibility index (Phi) is 6.39. The number of ether oxygens (including phenoxy) is 2. The van der Waals surface area contributed by atoms with Crippen molar-refractivity contribution in [3.8, 4) is 11.5 Å². The molecule has 2 N–H and O–H groups in total. The maximum absolute atomic E-state index is 12.4. The molecule has 7 nitrogen and oxygen atoms in total. The molecule has 0 fully saturated rings. The number of nitrogens with one attached hydrogen (secondary N) is 2. The fourth-order valence-corrected chi connectivity index (χ4v) is 4.57. The van der Waals surface area contributed by atoms with Crippen LogP contribution in [0.2, 0.25) is 0 Å². The topological polar surface area (TPSA) is 85.4 Å². The van der Waals surface area contributed by atoms with Gasteiger partial charge in [-0.1, -0.05) is 41.3 Å². The molecule has 1 aromatic heterocycles. The van der Waals surface area contributed by atoms with Crippen molar-refractivity contribution in [1.29, 1.82) is 0 Å². The number of aromatic nitrogens is 2. The van der Waals surface area contributed by atoms with E-state index in [2.05, 4.69) is 20.8 Å². The van der Waals surface area contributed by atoms with Crippen molar-refractivity contribution in [2.75, 3.05) is 24.3 Å². The van der Waals surface area contributed by atoms with Gasteiger partial charge in [0.05, 0.1) is 11.8 Å². The minimum absolute atomic E-state index is 0.0641. The third kappa shape index (κ3) is 5.22. The standard InChI is InChI=1S/C21H22N4O3S2/c1-13-4-3-5-16(10-13)23-20-24-25-21(30-20)29-12-19(26)22-14(2)15-6-7-17-18(11-15)28-9-8-27-17/h3-7,10-11,14H,8-9,12H2,1-2H3,(H,22,26)(H,23,24). The van der Waals surface area contributed by atoms with E-state index in [0.717, 1.165) is 27.1 Å². The maximum Gasteiger partial charge on any atom is 0.230 e. The van der Waals surface area contributed by atoms with Gasteiger partial charge in [0, 0.05) is 5.69 Å². The van der Waals surface area contributed by atoms with E-state index in [-0.39, 0.29) is 17.7 Å². The molecule has 0 saturated carbocycles. The van der Waals surface area contributed by atoms with Crippen molar-refractivity contribution in [2.45, 2.75) is 24.2 Å². The number of benzene rings is 2. The molecule has 156 valence electrons. The van der Waals surface area contributed by atoms with Crippen molar-refractivity contribution in [3.05, 3.63) is 53.6 Å².